The normalized spacial score (nSPS) is 10.4. The Labute approximate surface area is 100 Å². The second kappa shape index (κ2) is 6.60. The molecule has 1 heterocycles. The Morgan fingerprint density at radius 3 is 2.69 bits per heavy atom. The van der Waals surface area contributed by atoms with Crippen LogP contribution in [0.5, 0.6) is 0 Å². The van der Waals surface area contributed by atoms with Gasteiger partial charge in [0.05, 0.1) is 19.3 Å². The van der Waals surface area contributed by atoms with Gasteiger partial charge < -0.3 is 10.1 Å². The van der Waals surface area contributed by atoms with Crippen molar-refractivity contribution in [3.8, 4) is 0 Å². The molecule has 1 N–H and O–H groups in total. The monoisotopic (exact) mass is 242 g/mol. The van der Waals surface area contributed by atoms with E-state index < -0.39 is 0 Å². The third kappa shape index (κ3) is 3.57. The van der Waals surface area contributed by atoms with Crippen molar-refractivity contribution in [1.29, 1.82) is 0 Å². The second-order valence-corrected chi connectivity index (χ2v) is 4.53. The molecule has 0 radical (unpaired) electrons. The molecule has 1 aromatic heterocycles. The molecular formula is C11H18N2O2S. The molecule has 0 fully saturated rings. The Hall–Kier alpha value is -0.940. The number of carbonyl (C=O) groups is 1. The van der Waals surface area contributed by atoms with Crippen LogP contribution in [0.4, 0.5) is 0 Å². The largest absolute Gasteiger partial charge is 0.468 e. The van der Waals surface area contributed by atoms with Crippen LogP contribution in [-0.4, -0.2) is 24.6 Å². The summed E-state index contributed by atoms with van der Waals surface area (Å²) in [6.45, 7) is 5.12. The van der Waals surface area contributed by atoms with E-state index in [4.69, 9.17) is 0 Å². The van der Waals surface area contributed by atoms with Gasteiger partial charge in [-0.15, -0.1) is 11.3 Å². The number of aromatic nitrogens is 1. The van der Waals surface area contributed by atoms with Gasteiger partial charge in [0.1, 0.15) is 5.01 Å². The summed E-state index contributed by atoms with van der Waals surface area (Å²) in [6, 6.07) is 0. The highest BCUT2D eigenvalue weighted by molar-refractivity contribution is 7.11. The van der Waals surface area contributed by atoms with Crippen molar-refractivity contribution in [2.75, 3.05) is 13.7 Å². The fourth-order valence-corrected chi connectivity index (χ4v) is 2.48. The van der Waals surface area contributed by atoms with Gasteiger partial charge in [-0.1, -0.05) is 13.8 Å². The zero-order valence-electron chi connectivity index (χ0n) is 10.0. The summed E-state index contributed by atoms with van der Waals surface area (Å²) in [4.78, 5) is 16.8. The van der Waals surface area contributed by atoms with Gasteiger partial charge in [0.15, 0.2) is 0 Å². The third-order valence-corrected chi connectivity index (χ3v) is 3.49. The van der Waals surface area contributed by atoms with Crippen molar-refractivity contribution in [1.82, 2.24) is 10.3 Å². The van der Waals surface area contributed by atoms with Crippen molar-refractivity contribution in [2.24, 2.45) is 0 Å². The highest BCUT2D eigenvalue weighted by Gasteiger charge is 2.08. The maximum Gasteiger partial charge on any atom is 0.319 e. The van der Waals surface area contributed by atoms with Gasteiger partial charge in [-0.3, -0.25) is 4.79 Å². The molecule has 0 spiro atoms. The molecule has 0 aliphatic carbocycles. The topological polar surface area (TPSA) is 51.2 Å². The number of nitrogens with one attached hydrogen (secondary N) is 1. The number of aryl methyl sites for hydroxylation is 2. The molecule has 1 rings (SSSR count). The molecule has 0 aromatic carbocycles. The minimum Gasteiger partial charge on any atom is -0.468 e. The lowest BCUT2D eigenvalue weighted by Crippen LogP contribution is -2.23. The second-order valence-electron chi connectivity index (χ2n) is 3.36. The number of ether oxygens (including phenoxy) is 1. The van der Waals surface area contributed by atoms with Crippen molar-refractivity contribution in [2.45, 2.75) is 33.2 Å². The molecule has 4 nitrogen and oxygen atoms in total. The van der Waals surface area contributed by atoms with Crippen LogP contribution >= 0.6 is 11.3 Å². The molecule has 1 aromatic rings. The molecule has 0 aliphatic rings. The van der Waals surface area contributed by atoms with Crippen LogP contribution in [0.3, 0.4) is 0 Å². The number of hydrogen-bond acceptors (Lipinski definition) is 5. The van der Waals surface area contributed by atoms with Crippen LogP contribution < -0.4 is 5.32 Å². The van der Waals surface area contributed by atoms with Crippen molar-refractivity contribution < 1.29 is 9.53 Å². The number of rotatable bonds is 6. The predicted octanol–water partition coefficient (Wildman–Crippen LogP) is 1.53. The molecular weight excluding hydrogens is 224 g/mol. The Morgan fingerprint density at radius 2 is 2.19 bits per heavy atom. The highest BCUT2D eigenvalue weighted by Crippen LogP contribution is 2.19. The van der Waals surface area contributed by atoms with Crippen LogP contribution in [0.1, 0.15) is 29.4 Å². The van der Waals surface area contributed by atoms with Gasteiger partial charge >= 0.3 is 5.97 Å². The maximum absolute atomic E-state index is 10.9. The van der Waals surface area contributed by atoms with Crippen molar-refractivity contribution in [3.05, 3.63) is 15.6 Å². The first-order chi connectivity index (χ1) is 7.71. The maximum atomic E-state index is 10.9. The molecule has 0 atom stereocenters. The van der Waals surface area contributed by atoms with Gasteiger partial charge in [0.25, 0.3) is 0 Å². The summed E-state index contributed by atoms with van der Waals surface area (Å²) in [7, 11) is 1.39. The average molecular weight is 242 g/mol. The molecule has 0 unspecified atom stereocenters. The molecule has 5 heteroatoms. The number of methoxy groups -OCH3 is 1. The van der Waals surface area contributed by atoms with E-state index in [1.165, 1.54) is 17.7 Å². The number of hydrogen-bond donors (Lipinski definition) is 1. The molecule has 90 valence electrons. The minimum absolute atomic E-state index is 0.235. The molecule has 0 aliphatic heterocycles. The van der Waals surface area contributed by atoms with E-state index in [1.807, 2.05) is 0 Å². The quantitative estimate of drug-likeness (QED) is 0.769. The average Bonchev–Trinajstić information content (AvgIpc) is 2.71. The van der Waals surface area contributed by atoms with Crippen LogP contribution in [0.25, 0.3) is 0 Å². The minimum atomic E-state index is -0.247. The van der Waals surface area contributed by atoms with Gasteiger partial charge in [-0.2, -0.15) is 0 Å². The summed E-state index contributed by atoms with van der Waals surface area (Å²) in [5.74, 6) is -0.247. The van der Waals surface area contributed by atoms with Gasteiger partial charge in [0.2, 0.25) is 0 Å². The van der Waals surface area contributed by atoms with Gasteiger partial charge in [-0.25, -0.2) is 4.98 Å². The van der Waals surface area contributed by atoms with E-state index in [-0.39, 0.29) is 12.5 Å². The lowest BCUT2D eigenvalue weighted by Gasteiger charge is -1.99. The zero-order chi connectivity index (χ0) is 12.0. The molecule has 0 amide bonds. The molecule has 0 saturated carbocycles. The fourth-order valence-electron chi connectivity index (χ4n) is 1.41. The van der Waals surface area contributed by atoms with E-state index in [0.717, 1.165) is 17.8 Å². The van der Waals surface area contributed by atoms with Crippen LogP contribution in [0.2, 0.25) is 0 Å². The van der Waals surface area contributed by atoms with E-state index in [9.17, 15) is 4.79 Å². The number of carbonyl (C=O) groups excluding carboxylic acids is 1. The first-order valence-electron chi connectivity index (χ1n) is 5.46. The van der Waals surface area contributed by atoms with E-state index in [1.54, 1.807) is 11.3 Å². The summed E-state index contributed by atoms with van der Waals surface area (Å²) in [5, 5.41) is 4.05. The van der Waals surface area contributed by atoms with Crippen molar-refractivity contribution >= 4 is 17.3 Å². The Kier molecular flexibility index (Phi) is 5.42. The molecule has 0 saturated heterocycles. The number of nitrogens with zero attached hydrogens (tertiary/aromatic N) is 1. The smallest absolute Gasteiger partial charge is 0.319 e. The SMILES string of the molecule is CCc1nc(CNCC(=O)OC)sc1CC. The Morgan fingerprint density at radius 1 is 1.44 bits per heavy atom. The lowest BCUT2D eigenvalue weighted by atomic mass is 10.2. The standard InChI is InChI=1S/C11H18N2O2S/c1-4-8-9(5-2)16-10(13-8)6-12-7-11(14)15-3/h12H,4-7H2,1-3H3. The Bertz CT molecular complexity index is 328. The summed E-state index contributed by atoms with van der Waals surface area (Å²) < 4.78 is 4.54. The van der Waals surface area contributed by atoms with Gasteiger partial charge in [0, 0.05) is 11.4 Å². The number of esters is 1. The van der Waals surface area contributed by atoms with E-state index in [0.29, 0.717) is 6.54 Å². The fraction of sp³-hybridized carbons (Fsp3) is 0.636. The Balaban J connectivity index is 2.48. The third-order valence-electron chi connectivity index (χ3n) is 2.25. The first kappa shape index (κ1) is 13.1. The first-order valence-corrected chi connectivity index (χ1v) is 6.27. The van der Waals surface area contributed by atoms with Crippen LogP contribution in [0.15, 0.2) is 0 Å². The van der Waals surface area contributed by atoms with Gasteiger partial charge in [-0.05, 0) is 12.8 Å². The summed E-state index contributed by atoms with van der Waals surface area (Å²) in [6.07, 6.45) is 1.99. The summed E-state index contributed by atoms with van der Waals surface area (Å²) >= 11 is 1.72. The zero-order valence-corrected chi connectivity index (χ0v) is 10.8. The lowest BCUT2D eigenvalue weighted by molar-refractivity contribution is -0.139. The van der Waals surface area contributed by atoms with Crippen molar-refractivity contribution in [3.63, 3.8) is 0 Å². The van der Waals surface area contributed by atoms with E-state index >= 15 is 0 Å². The highest BCUT2D eigenvalue weighted by atomic mass is 32.1. The van der Waals surface area contributed by atoms with Crippen LogP contribution in [0, 0.1) is 0 Å². The molecule has 0 bridgehead atoms. The summed E-state index contributed by atoms with van der Waals surface area (Å²) in [5.41, 5.74) is 1.18. The predicted molar refractivity (Wildman–Crippen MR) is 64.6 cm³/mol. The van der Waals surface area contributed by atoms with E-state index in [2.05, 4.69) is 28.9 Å². The number of thiazole rings is 1. The van der Waals surface area contributed by atoms with Crippen LogP contribution in [-0.2, 0) is 28.9 Å². The molecule has 16 heavy (non-hydrogen) atoms.